The Morgan fingerprint density at radius 3 is 2.56 bits per heavy atom. The third-order valence-electron chi connectivity index (χ3n) is 10.3. The van der Waals surface area contributed by atoms with Crippen molar-refractivity contribution in [3.8, 4) is 0 Å². The van der Waals surface area contributed by atoms with E-state index in [1.807, 2.05) is 19.9 Å². The molecule has 1 aromatic heterocycles. The second kappa shape index (κ2) is 7.05. The highest BCUT2D eigenvalue weighted by Gasteiger charge is 2.84. The van der Waals surface area contributed by atoms with Crippen molar-refractivity contribution in [1.29, 1.82) is 0 Å². The van der Waals surface area contributed by atoms with Gasteiger partial charge in [0.15, 0.2) is 11.9 Å². The number of epoxide rings is 1. The van der Waals surface area contributed by atoms with E-state index in [2.05, 4.69) is 6.92 Å². The summed E-state index contributed by atoms with van der Waals surface area (Å²) in [4.78, 5) is 25.4. The van der Waals surface area contributed by atoms with Crippen LogP contribution < -0.4 is 0 Å². The molecular weight excluding hydrogens is 436 g/mol. The molecule has 3 fully saturated rings. The number of ether oxygens (including phenoxy) is 2. The van der Waals surface area contributed by atoms with Crippen LogP contribution in [0.3, 0.4) is 0 Å². The lowest BCUT2D eigenvalue weighted by Gasteiger charge is -2.60. The number of hydrogen-bond acceptors (Lipinski definition) is 7. The fraction of sp³-hybridized carbons (Fsp3) is 0.704. The Balaban J connectivity index is 1.59. The number of hydrogen-bond donors (Lipinski definition) is 2. The minimum absolute atomic E-state index is 0.0787. The molecular formula is C27H36O7. The van der Waals surface area contributed by atoms with Crippen molar-refractivity contribution in [2.45, 2.75) is 83.2 Å². The zero-order chi connectivity index (χ0) is 24.9. The van der Waals surface area contributed by atoms with Gasteiger partial charge in [-0.25, -0.2) is 4.79 Å². The van der Waals surface area contributed by atoms with E-state index in [4.69, 9.17) is 13.9 Å². The lowest BCUT2D eigenvalue weighted by atomic mass is 9.44. The molecule has 0 bridgehead atoms. The van der Waals surface area contributed by atoms with Crippen molar-refractivity contribution in [1.82, 2.24) is 0 Å². The van der Waals surface area contributed by atoms with Crippen LogP contribution in [-0.2, 0) is 19.1 Å². The summed E-state index contributed by atoms with van der Waals surface area (Å²) in [7, 11) is 1.23. The first-order valence-electron chi connectivity index (χ1n) is 12.2. The van der Waals surface area contributed by atoms with E-state index in [9.17, 15) is 19.8 Å². The number of aliphatic hydroxyl groups excluding tert-OH is 1. The third kappa shape index (κ3) is 2.64. The largest absolute Gasteiger partial charge is 0.472 e. The summed E-state index contributed by atoms with van der Waals surface area (Å²) in [6, 6.07) is 2.00. The highest BCUT2D eigenvalue weighted by Crippen LogP contribution is 2.77. The molecule has 1 aromatic rings. The summed E-state index contributed by atoms with van der Waals surface area (Å²) in [6.07, 6.45) is 7.52. The second-order valence-corrected chi connectivity index (χ2v) is 12.1. The SMILES string of the molecule is COC(=O)[C@H](O)[C@H]1C(C)(C)C(=O)C=C[C@]1(C)[C@@H]1CC[C@@]2(C)[C@H](c3ccoc3)C[C@H]3O[C@]32[C@]1(C)O. The van der Waals surface area contributed by atoms with Gasteiger partial charge >= 0.3 is 5.97 Å². The topological polar surface area (TPSA) is 110 Å². The normalized spacial score (nSPS) is 47.6. The van der Waals surface area contributed by atoms with Crippen LogP contribution in [0.4, 0.5) is 0 Å². The first-order chi connectivity index (χ1) is 15.8. The predicted molar refractivity (Wildman–Crippen MR) is 123 cm³/mol. The smallest absolute Gasteiger partial charge is 0.335 e. The molecule has 1 aliphatic heterocycles. The van der Waals surface area contributed by atoms with Crippen molar-refractivity contribution in [2.75, 3.05) is 7.11 Å². The monoisotopic (exact) mass is 472 g/mol. The molecule has 0 unspecified atom stereocenters. The quantitative estimate of drug-likeness (QED) is 0.511. The fourth-order valence-electron chi connectivity index (χ4n) is 8.73. The minimum atomic E-state index is -1.50. The number of carbonyl (C=O) groups excluding carboxylic acids is 2. The lowest BCUT2D eigenvalue weighted by Crippen LogP contribution is -2.67. The van der Waals surface area contributed by atoms with Crippen molar-refractivity contribution in [3.63, 3.8) is 0 Å². The number of esters is 1. The number of methoxy groups -OCH3 is 1. The van der Waals surface area contributed by atoms with Crippen LogP contribution >= 0.6 is 0 Å². The van der Waals surface area contributed by atoms with Crippen LogP contribution in [0.1, 0.15) is 65.4 Å². The molecule has 1 saturated heterocycles. The van der Waals surface area contributed by atoms with Gasteiger partial charge in [-0.2, -0.15) is 0 Å². The number of rotatable bonds is 4. The summed E-state index contributed by atoms with van der Waals surface area (Å²) in [6.45, 7) is 9.52. The molecule has 186 valence electrons. The average molecular weight is 473 g/mol. The van der Waals surface area contributed by atoms with Gasteiger partial charge in [0.05, 0.1) is 31.3 Å². The Kier molecular flexibility index (Phi) is 4.93. The number of furan rings is 1. The van der Waals surface area contributed by atoms with Gasteiger partial charge in [0, 0.05) is 16.7 Å². The van der Waals surface area contributed by atoms with E-state index in [1.54, 1.807) is 38.5 Å². The Morgan fingerprint density at radius 2 is 1.94 bits per heavy atom. The van der Waals surface area contributed by atoms with Crippen LogP contribution in [0.25, 0.3) is 0 Å². The molecule has 9 atom stereocenters. The number of aliphatic hydroxyl groups is 2. The maximum atomic E-state index is 12.9. The summed E-state index contributed by atoms with van der Waals surface area (Å²) in [5, 5.41) is 23.5. The Hall–Kier alpha value is -1.96. The molecule has 0 radical (unpaired) electrons. The van der Waals surface area contributed by atoms with Crippen molar-refractivity contribution < 1.29 is 33.7 Å². The predicted octanol–water partition coefficient (Wildman–Crippen LogP) is 3.39. The van der Waals surface area contributed by atoms with Crippen LogP contribution in [-0.4, -0.2) is 52.5 Å². The van der Waals surface area contributed by atoms with Gasteiger partial charge in [-0.1, -0.05) is 33.8 Å². The standard InChI is InChI=1S/C27H36O7/c1-23(2)18(28)8-10-24(3,21(23)20(29)22(30)32-6)17-7-11-25(4)16(15-9-12-33-14-15)13-19-27(25,34-19)26(17,5)31/h8-10,12,14,16-17,19-21,29,31H,7,11,13H2,1-6H3/t16-,17-,19+,20+,21-,24+,25-,26+,27+/m0/s1. The summed E-state index contributed by atoms with van der Waals surface area (Å²) in [5.41, 5.74) is -3.04. The zero-order valence-electron chi connectivity index (χ0n) is 20.8. The molecule has 7 heteroatoms. The minimum Gasteiger partial charge on any atom is -0.472 e. The van der Waals surface area contributed by atoms with Gasteiger partial charge in [0.1, 0.15) is 5.60 Å². The molecule has 7 nitrogen and oxygen atoms in total. The molecule has 34 heavy (non-hydrogen) atoms. The molecule has 2 N–H and O–H groups in total. The highest BCUT2D eigenvalue weighted by molar-refractivity contribution is 5.96. The summed E-state index contributed by atoms with van der Waals surface area (Å²) >= 11 is 0. The van der Waals surface area contributed by atoms with Gasteiger partial charge < -0.3 is 24.1 Å². The van der Waals surface area contributed by atoms with E-state index in [1.165, 1.54) is 7.11 Å². The lowest BCUT2D eigenvalue weighted by molar-refractivity contribution is -0.202. The maximum Gasteiger partial charge on any atom is 0.335 e. The number of ketones is 1. The fourth-order valence-corrected chi connectivity index (χ4v) is 8.73. The number of allylic oxidation sites excluding steroid dienone is 2. The zero-order valence-corrected chi connectivity index (χ0v) is 20.8. The maximum absolute atomic E-state index is 12.9. The first kappa shape index (κ1) is 23.8. The van der Waals surface area contributed by atoms with Crippen molar-refractivity contribution >= 4 is 11.8 Å². The summed E-state index contributed by atoms with van der Waals surface area (Å²) in [5.74, 6) is -1.84. The Bertz CT molecular complexity index is 1040. The van der Waals surface area contributed by atoms with Crippen molar-refractivity contribution in [3.05, 3.63) is 36.3 Å². The second-order valence-electron chi connectivity index (χ2n) is 12.1. The molecule has 3 aliphatic carbocycles. The Labute approximate surface area is 200 Å². The van der Waals surface area contributed by atoms with E-state index >= 15 is 0 Å². The molecule has 2 heterocycles. The van der Waals surface area contributed by atoms with E-state index in [0.717, 1.165) is 18.4 Å². The highest BCUT2D eigenvalue weighted by atomic mass is 16.6. The third-order valence-corrected chi connectivity index (χ3v) is 10.3. The van der Waals surface area contributed by atoms with Crippen LogP contribution in [0.5, 0.6) is 0 Å². The van der Waals surface area contributed by atoms with Crippen LogP contribution in [0.15, 0.2) is 35.2 Å². The van der Waals surface area contributed by atoms with E-state index < -0.39 is 40.0 Å². The molecule has 2 saturated carbocycles. The van der Waals surface area contributed by atoms with E-state index in [-0.39, 0.29) is 29.1 Å². The van der Waals surface area contributed by atoms with Gasteiger partial charge in [-0.05, 0) is 61.1 Å². The number of carbonyl (C=O) groups is 2. The first-order valence-corrected chi connectivity index (χ1v) is 12.2. The molecule has 1 spiro atoms. The van der Waals surface area contributed by atoms with Gasteiger partial charge in [-0.15, -0.1) is 0 Å². The molecule has 0 aromatic carbocycles. The van der Waals surface area contributed by atoms with Crippen molar-refractivity contribution in [2.24, 2.45) is 28.1 Å². The van der Waals surface area contributed by atoms with Gasteiger partial charge in [-0.3, -0.25) is 4.79 Å². The summed E-state index contributed by atoms with van der Waals surface area (Å²) < 4.78 is 16.6. The van der Waals surface area contributed by atoms with Crippen LogP contribution in [0, 0.1) is 28.1 Å². The van der Waals surface area contributed by atoms with Gasteiger partial charge in [0.2, 0.25) is 0 Å². The average Bonchev–Trinajstić information content (AvgIpc) is 3.14. The molecule has 0 amide bonds. The molecule has 4 aliphatic rings. The van der Waals surface area contributed by atoms with Crippen LogP contribution in [0.2, 0.25) is 0 Å². The van der Waals surface area contributed by atoms with E-state index in [0.29, 0.717) is 6.42 Å². The molecule has 5 rings (SSSR count). The van der Waals surface area contributed by atoms with Gasteiger partial charge in [0.25, 0.3) is 0 Å². The Morgan fingerprint density at radius 1 is 1.24 bits per heavy atom.